The van der Waals surface area contributed by atoms with Crippen LogP contribution in [-0.2, 0) is 0 Å². The molecular weight excluding hydrogens is 298 g/mol. The van der Waals surface area contributed by atoms with Gasteiger partial charge in [-0.3, -0.25) is 4.79 Å². The van der Waals surface area contributed by atoms with E-state index in [0.29, 0.717) is 25.1 Å². The van der Waals surface area contributed by atoms with Gasteiger partial charge in [0.05, 0.1) is 13.2 Å². The molecule has 1 fully saturated rings. The van der Waals surface area contributed by atoms with Crippen molar-refractivity contribution in [3.63, 3.8) is 0 Å². The van der Waals surface area contributed by atoms with E-state index in [9.17, 15) is 15.0 Å². The molecule has 0 radical (unpaired) electrons. The van der Waals surface area contributed by atoms with Crippen LogP contribution in [0.15, 0.2) is 46.9 Å². The van der Waals surface area contributed by atoms with Crippen LogP contribution < -0.4 is 4.74 Å². The summed E-state index contributed by atoms with van der Waals surface area (Å²) in [6.45, 7) is 0.256. The van der Waals surface area contributed by atoms with Crippen LogP contribution in [0.5, 0.6) is 11.7 Å². The highest BCUT2D eigenvalue weighted by Crippen LogP contribution is 2.26. The summed E-state index contributed by atoms with van der Waals surface area (Å²) in [5, 5.41) is 19.4. The Bertz CT molecular complexity index is 669. The number of furan rings is 1. The molecule has 0 saturated carbocycles. The zero-order valence-electron chi connectivity index (χ0n) is 12.6. The van der Waals surface area contributed by atoms with Gasteiger partial charge < -0.3 is 24.3 Å². The lowest BCUT2D eigenvalue weighted by Crippen LogP contribution is -2.52. The Hall–Kier alpha value is -2.31. The average molecular weight is 317 g/mol. The van der Waals surface area contributed by atoms with Crippen molar-refractivity contribution >= 4 is 5.91 Å². The molecular formula is C17H19NO5. The third kappa shape index (κ3) is 3.55. The Morgan fingerprint density at radius 3 is 2.78 bits per heavy atom. The predicted molar refractivity (Wildman–Crippen MR) is 82.4 cm³/mol. The molecule has 0 aliphatic carbocycles. The van der Waals surface area contributed by atoms with Gasteiger partial charge in [0.2, 0.25) is 0 Å². The minimum atomic E-state index is -1.23. The first kappa shape index (κ1) is 15.6. The van der Waals surface area contributed by atoms with E-state index in [1.165, 1.54) is 4.90 Å². The first-order chi connectivity index (χ1) is 11.1. The summed E-state index contributed by atoms with van der Waals surface area (Å²) in [7, 11) is 0. The van der Waals surface area contributed by atoms with Gasteiger partial charge in [-0.05, 0) is 31.0 Å². The van der Waals surface area contributed by atoms with E-state index in [1.807, 2.05) is 18.2 Å². The highest BCUT2D eigenvalue weighted by molar-refractivity contribution is 5.91. The molecule has 23 heavy (non-hydrogen) atoms. The molecule has 0 bridgehead atoms. The van der Waals surface area contributed by atoms with E-state index in [0.717, 1.165) is 0 Å². The van der Waals surface area contributed by atoms with E-state index in [1.54, 1.807) is 24.3 Å². The van der Waals surface area contributed by atoms with Crippen LogP contribution in [0, 0.1) is 0 Å². The van der Waals surface area contributed by atoms with Crippen LogP contribution in [0.1, 0.15) is 23.4 Å². The lowest BCUT2D eigenvalue weighted by atomic mass is 9.93. The average Bonchev–Trinajstić information content (AvgIpc) is 3.03. The van der Waals surface area contributed by atoms with E-state index in [4.69, 9.17) is 9.15 Å². The number of β-amino-alcohol motifs (C(OH)–C–C–N with tert-alkyl or cyclic N) is 1. The second kappa shape index (κ2) is 6.44. The third-order valence-corrected chi connectivity index (χ3v) is 3.89. The maximum absolute atomic E-state index is 12.5. The zero-order valence-corrected chi connectivity index (χ0v) is 12.6. The summed E-state index contributed by atoms with van der Waals surface area (Å²) >= 11 is 0. The number of para-hydroxylation sites is 1. The van der Waals surface area contributed by atoms with Crippen LogP contribution in [-0.4, -0.2) is 46.3 Å². The van der Waals surface area contributed by atoms with Crippen LogP contribution >= 0.6 is 0 Å². The summed E-state index contributed by atoms with van der Waals surface area (Å²) < 4.78 is 11.0. The summed E-state index contributed by atoms with van der Waals surface area (Å²) in [5.74, 6) is 0.681. The number of benzene rings is 1. The Balaban J connectivity index is 1.69. The van der Waals surface area contributed by atoms with E-state index >= 15 is 0 Å². The Morgan fingerprint density at radius 1 is 1.26 bits per heavy atom. The number of hydrogen-bond donors (Lipinski definition) is 2. The van der Waals surface area contributed by atoms with Crippen molar-refractivity contribution in [3.8, 4) is 11.7 Å². The largest absolute Gasteiger partial charge is 0.426 e. The molecule has 1 aliphatic heterocycles. The number of amides is 1. The van der Waals surface area contributed by atoms with Crippen LogP contribution in [0.4, 0.5) is 0 Å². The molecule has 2 N–H and O–H groups in total. The quantitative estimate of drug-likeness (QED) is 0.901. The maximum atomic E-state index is 12.5. The lowest BCUT2D eigenvalue weighted by molar-refractivity contribution is -0.0603. The van der Waals surface area contributed by atoms with Crippen molar-refractivity contribution in [3.05, 3.63) is 48.2 Å². The number of ether oxygens (including phenoxy) is 1. The number of aliphatic hydroxyl groups excluding tert-OH is 1. The number of carbonyl (C=O) groups is 1. The molecule has 122 valence electrons. The van der Waals surface area contributed by atoms with Gasteiger partial charge in [-0.1, -0.05) is 18.2 Å². The van der Waals surface area contributed by atoms with Crippen LogP contribution in [0.25, 0.3) is 0 Å². The van der Waals surface area contributed by atoms with Crippen LogP contribution in [0.3, 0.4) is 0 Å². The molecule has 2 heterocycles. The second-order valence-electron chi connectivity index (χ2n) is 5.75. The normalized spacial score (nSPS) is 21.2. The molecule has 6 nitrogen and oxygen atoms in total. The van der Waals surface area contributed by atoms with Crippen molar-refractivity contribution in [1.29, 1.82) is 0 Å². The Morgan fingerprint density at radius 2 is 2.04 bits per heavy atom. The second-order valence-corrected chi connectivity index (χ2v) is 5.75. The van der Waals surface area contributed by atoms with Crippen molar-refractivity contribution in [2.75, 3.05) is 19.7 Å². The first-order valence-corrected chi connectivity index (χ1v) is 7.55. The highest BCUT2D eigenvalue weighted by atomic mass is 16.6. The van der Waals surface area contributed by atoms with Crippen LogP contribution in [0.2, 0.25) is 0 Å². The number of aliphatic hydroxyl groups is 2. The smallest absolute Gasteiger partial charge is 0.290 e. The number of hydrogen-bond acceptors (Lipinski definition) is 5. The molecule has 1 amide bonds. The molecule has 1 aromatic heterocycles. The third-order valence-electron chi connectivity index (χ3n) is 3.89. The van der Waals surface area contributed by atoms with Crippen molar-refractivity contribution in [2.45, 2.75) is 18.4 Å². The number of likely N-dealkylation sites (tertiary alicyclic amines) is 1. The molecule has 2 aromatic rings. The number of rotatable bonds is 4. The topological polar surface area (TPSA) is 83.1 Å². The molecule has 1 atom stereocenters. The lowest BCUT2D eigenvalue weighted by Gasteiger charge is -2.37. The fourth-order valence-electron chi connectivity index (χ4n) is 2.67. The standard InChI is InChI=1S/C17H19NO5/c19-12-17(21)9-4-10-18(11-17)16(20)14-7-8-15(23-14)22-13-5-2-1-3-6-13/h1-3,5-8,19,21H,4,9-12H2/t17-/m0/s1. The van der Waals surface area contributed by atoms with Gasteiger partial charge in [0.25, 0.3) is 11.9 Å². The van der Waals surface area contributed by atoms with Crippen molar-refractivity contribution < 1.29 is 24.2 Å². The zero-order chi connectivity index (χ0) is 16.3. The molecule has 3 rings (SSSR count). The van der Waals surface area contributed by atoms with Crippen molar-refractivity contribution in [1.82, 2.24) is 4.90 Å². The molecule has 1 aromatic carbocycles. The maximum Gasteiger partial charge on any atom is 0.290 e. The predicted octanol–water partition coefficient (Wildman–Crippen LogP) is 2.03. The van der Waals surface area contributed by atoms with Gasteiger partial charge in [0, 0.05) is 12.6 Å². The van der Waals surface area contributed by atoms with E-state index in [2.05, 4.69) is 0 Å². The minimum Gasteiger partial charge on any atom is -0.426 e. The number of piperidine rings is 1. The Labute approximate surface area is 133 Å². The molecule has 1 saturated heterocycles. The molecule has 0 unspecified atom stereocenters. The number of nitrogens with zero attached hydrogens (tertiary/aromatic N) is 1. The molecule has 1 aliphatic rings. The minimum absolute atomic E-state index is 0.0951. The molecule has 6 heteroatoms. The van der Waals surface area contributed by atoms with Gasteiger partial charge in [-0.25, -0.2) is 0 Å². The van der Waals surface area contributed by atoms with Gasteiger partial charge in [-0.15, -0.1) is 0 Å². The van der Waals surface area contributed by atoms with E-state index in [-0.39, 0.29) is 30.8 Å². The summed E-state index contributed by atoms with van der Waals surface area (Å²) in [4.78, 5) is 13.9. The monoisotopic (exact) mass is 317 g/mol. The van der Waals surface area contributed by atoms with E-state index < -0.39 is 5.60 Å². The first-order valence-electron chi connectivity index (χ1n) is 7.55. The van der Waals surface area contributed by atoms with Gasteiger partial charge in [0.15, 0.2) is 5.76 Å². The summed E-state index contributed by atoms with van der Waals surface area (Å²) in [5.41, 5.74) is -1.23. The SMILES string of the molecule is O=C(c1ccc(Oc2ccccc2)o1)N1CCC[C@@](O)(CO)C1. The summed E-state index contributed by atoms with van der Waals surface area (Å²) in [6.07, 6.45) is 1.12. The van der Waals surface area contributed by atoms with Gasteiger partial charge in [-0.2, -0.15) is 0 Å². The fourth-order valence-corrected chi connectivity index (χ4v) is 2.67. The van der Waals surface area contributed by atoms with Gasteiger partial charge >= 0.3 is 0 Å². The fraction of sp³-hybridized carbons (Fsp3) is 0.353. The van der Waals surface area contributed by atoms with Crippen molar-refractivity contribution in [2.24, 2.45) is 0 Å². The highest BCUT2D eigenvalue weighted by Gasteiger charge is 2.35. The summed E-state index contributed by atoms with van der Waals surface area (Å²) in [6, 6.07) is 12.3. The van der Waals surface area contributed by atoms with Gasteiger partial charge in [0.1, 0.15) is 11.4 Å². The number of carbonyl (C=O) groups excluding carboxylic acids is 1. The Kier molecular flexibility index (Phi) is 4.36. The molecule has 0 spiro atoms.